The summed E-state index contributed by atoms with van der Waals surface area (Å²) >= 11 is 0. The van der Waals surface area contributed by atoms with Gasteiger partial charge in [0.15, 0.2) is 6.61 Å². The van der Waals surface area contributed by atoms with Crippen LogP contribution >= 0.6 is 0 Å². The molecule has 6 nitrogen and oxygen atoms in total. The Bertz CT molecular complexity index is 469. The van der Waals surface area contributed by atoms with Crippen molar-refractivity contribution < 1.29 is 19.4 Å². The van der Waals surface area contributed by atoms with Gasteiger partial charge >= 0.3 is 0 Å². The second-order valence-corrected chi connectivity index (χ2v) is 5.44. The Kier molecular flexibility index (Phi) is 5.03. The standard InChI is InChI=1S/C15H22N2O4/c1-17(11-15(19)6-8-20-9-7-15)14(18)10-21-13-4-2-12(16)3-5-13/h2-5,19H,6-11,16H2,1H3. The van der Waals surface area contributed by atoms with Gasteiger partial charge in [0.1, 0.15) is 5.75 Å². The lowest BCUT2D eigenvalue weighted by molar-refractivity contribution is -0.138. The van der Waals surface area contributed by atoms with Gasteiger partial charge in [-0.2, -0.15) is 0 Å². The van der Waals surface area contributed by atoms with E-state index in [4.69, 9.17) is 15.2 Å². The van der Waals surface area contributed by atoms with E-state index in [2.05, 4.69) is 0 Å². The summed E-state index contributed by atoms with van der Waals surface area (Å²) in [5.74, 6) is 0.419. The Balaban J connectivity index is 1.80. The van der Waals surface area contributed by atoms with E-state index in [1.165, 1.54) is 4.90 Å². The van der Waals surface area contributed by atoms with Crippen LogP contribution in [0.5, 0.6) is 5.75 Å². The zero-order valence-electron chi connectivity index (χ0n) is 12.2. The maximum Gasteiger partial charge on any atom is 0.260 e. The molecule has 1 aromatic carbocycles. The number of anilines is 1. The van der Waals surface area contributed by atoms with E-state index in [9.17, 15) is 9.90 Å². The Morgan fingerprint density at radius 1 is 1.38 bits per heavy atom. The van der Waals surface area contributed by atoms with E-state index >= 15 is 0 Å². The van der Waals surface area contributed by atoms with Gasteiger partial charge in [0.2, 0.25) is 0 Å². The monoisotopic (exact) mass is 294 g/mol. The fraction of sp³-hybridized carbons (Fsp3) is 0.533. The summed E-state index contributed by atoms with van der Waals surface area (Å²) in [6, 6.07) is 6.87. The summed E-state index contributed by atoms with van der Waals surface area (Å²) in [5.41, 5.74) is 5.37. The number of hydrogen-bond acceptors (Lipinski definition) is 5. The molecule has 1 amide bonds. The first kappa shape index (κ1) is 15.6. The maximum atomic E-state index is 12.0. The first-order chi connectivity index (χ1) is 9.98. The van der Waals surface area contributed by atoms with Crippen LogP contribution in [0.3, 0.4) is 0 Å². The number of nitrogens with two attached hydrogens (primary N) is 1. The van der Waals surface area contributed by atoms with Gasteiger partial charge in [-0.1, -0.05) is 0 Å². The number of ether oxygens (including phenoxy) is 2. The number of likely N-dealkylation sites (N-methyl/N-ethyl adjacent to an activating group) is 1. The smallest absolute Gasteiger partial charge is 0.260 e. The molecule has 1 aliphatic rings. The molecule has 0 aromatic heterocycles. The average molecular weight is 294 g/mol. The molecule has 1 saturated heterocycles. The average Bonchev–Trinajstić information content (AvgIpc) is 2.46. The summed E-state index contributed by atoms with van der Waals surface area (Å²) in [6.45, 7) is 1.29. The number of hydrogen-bond donors (Lipinski definition) is 2. The zero-order chi connectivity index (χ0) is 15.3. The molecule has 2 rings (SSSR count). The number of benzene rings is 1. The van der Waals surface area contributed by atoms with Crippen molar-refractivity contribution in [3.05, 3.63) is 24.3 Å². The van der Waals surface area contributed by atoms with Crippen LogP contribution in [0.15, 0.2) is 24.3 Å². The number of rotatable bonds is 5. The van der Waals surface area contributed by atoms with E-state index < -0.39 is 5.60 Å². The van der Waals surface area contributed by atoms with E-state index in [1.54, 1.807) is 31.3 Å². The quantitative estimate of drug-likeness (QED) is 0.779. The Morgan fingerprint density at radius 2 is 2.00 bits per heavy atom. The molecule has 1 fully saturated rings. The summed E-state index contributed by atoms with van der Waals surface area (Å²) in [4.78, 5) is 13.5. The van der Waals surface area contributed by atoms with Crippen LogP contribution in [0.1, 0.15) is 12.8 Å². The van der Waals surface area contributed by atoms with Crippen molar-refractivity contribution in [1.82, 2.24) is 4.90 Å². The van der Waals surface area contributed by atoms with Gasteiger partial charge < -0.3 is 25.2 Å². The van der Waals surface area contributed by atoms with Crippen LogP contribution in [-0.4, -0.2) is 54.9 Å². The predicted octanol–water partition coefficient (Wildman–Crippen LogP) is 0.647. The fourth-order valence-corrected chi connectivity index (χ4v) is 2.26. The zero-order valence-corrected chi connectivity index (χ0v) is 12.2. The van der Waals surface area contributed by atoms with E-state index in [0.717, 1.165) is 0 Å². The van der Waals surface area contributed by atoms with Crippen LogP contribution < -0.4 is 10.5 Å². The molecule has 6 heteroatoms. The normalized spacial score (nSPS) is 17.2. The Labute approximate surface area is 124 Å². The molecular weight excluding hydrogens is 272 g/mol. The SMILES string of the molecule is CN(CC1(O)CCOCC1)C(=O)COc1ccc(N)cc1. The van der Waals surface area contributed by atoms with Crippen molar-refractivity contribution >= 4 is 11.6 Å². The summed E-state index contributed by atoms with van der Waals surface area (Å²) < 4.78 is 10.6. The van der Waals surface area contributed by atoms with Crippen molar-refractivity contribution in [3.63, 3.8) is 0 Å². The number of aliphatic hydroxyl groups is 1. The van der Waals surface area contributed by atoms with Gasteiger partial charge in [0.05, 0.1) is 5.60 Å². The van der Waals surface area contributed by atoms with Crippen LogP contribution in [0.2, 0.25) is 0 Å². The minimum atomic E-state index is -0.857. The van der Waals surface area contributed by atoms with E-state index in [1.807, 2.05) is 0 Å². The second-order valence-electron chi connectivity index (χ2n) is 5.44. The Morgan fingerprint density at radius 3 is 2.62 bits per heavy atom. The molecule has 21 heavy (non-hydrogen) atoms. The number of nitrogens with zero attached hydrogens (tertiary/aromatic N) is 1. The molecule has 0 bridgehead atoms. The predicted molar refractivity (Wildman–Crippen MR) is 79.0 cm³/mol. The third-order valence-corrected chi connectivity index (χ3v) is 3.62. The molecule has 1 aliphatic heterocycles. The molecule has 0 unspecified atom stereocenters. The summed E-state index contributed by atoms with van der Waals surface area (Å²) in [5, 5.41) is 10.4. The lowest BCUT2D eigenvalue weighted by Gasteiger charge is -2.35. The van der Waals surface area contributed by atoms with Gasteiger partial charge in [0.25, 0.3) is 5.91 Å². The molecule has 1 heterocycles. The van der Waals surface area contributed by atoms with Gasteiger partial charge in [-0.3, -0.25) is 4.79 Å². The van der Waals surface area contributed by atoms with Crippen LogP contribution in [-0.2, 0) is 9.53 Å². The second kappa shape index (κ2) is 6.78. The lowest BCUT2D eigenvalue weighted by Crippen LogP contribution is -2.48. The van der Waals surface area contributed by atoms with Crippen molar-refractivity contribution in [2.24, 2.45) is 0 Å². The Hall–Kier alpha value is -1.79. The van der Waals surface area contributed by atoms with E-state index in [0.29, 0.717) is 44.0 Å². The first-order valence-electron chi connectivity index (χ1n) is 7.01. The molecule has 1 aromatic rings. The topological polar surface area (TPSA) is 85.0 Å². The van der Waals surface area contributed by atoms with Crippen molar-refractivity contribution in [3.8, 4) is 5.75 Å². The number of nitrogen functional groups attached to an aromatic ring is 1. The third kappa shape index (κ3) is 4.61. The molecule has 0 aliphatic carbocycles. The molecular formula is C15H22N2O4. The van der Waals surface area contributed by atoms with Crippen LogP contribution in [0, 0.1) is 0 Å². The highest BCUT2D eigenvalue weighted by atomic mass is 16.5. The highest BCUT2D eigenvalue weighted by Crippen LogP contribution is 2.21. The minimum absolute atomic E-state index is 0.0625. The van der Waals surface area contributed by atoms with Crippen LogP contribution in [0.25, 0.3) is 0 Å². The largest absolute Gasteiger partial charge is 0.484 e. The van der Waals surface area contributed by atoms with E-state index in [-0.39, 0.29) is 12.5 Å². The van der Waals surface area contributed by atoms with Crippen molar-refractivity contribution in [2.45, 2.75) is 18.4 Å². The lowest BCUT2D eigenvalue weighted by atomic mass is 9.94. The highest BCUT2D eigenvalue weighted by Gasteiger charge is 2.32. The summed E-state index contributed by atoms with van der Waals surface area (Å²) in [7, 11) is 1.67. The highest BCUT2D eigenvalue weighted by molar-refractivity contribution is 5.77. The third-order valence-electron chi connectivity index (χ3n) is 3.62. The molecule has 0 atom stereocenters. The number of amides is 1. The van der Waals surface area contributed by atoms with Gasteiger partial charge in [0, 0.05) is 45.3 Å². The first-order valence-corrected chi connectivity index (χ1v) is 7.01. The molecule has 0 saturated carbocycles. The van der Waals surface area contributed by atoms with Crippen molar-refractivity contribution in [1.29, 1.82) is 0 Å². The van der Waals surface area contributed by atoms with Gasteiger partial charge in [-0.15, -0.1) is 0 Å². The van der Waals surface area contributed by atoms with Gasteiger partial charge in [-0.25, -0.2) is 0 Å². The van der Waals surface area contributed by atoms with Crippen molar-refractivity contribution in [2.75, 3.05) is 39.1 Å². The van der Waals surface area contributed by atoms with Gasteiger partial charge in [-0.05, 0) is 24.3 Å². The number of carbonyl (C=O) groups excluding carboxylic acids is 1. The van der Waals surface area contributed by atoms with Crippen LogP contribution in [0.4, 0.5) is 5.69 Å². The number of carbonyl (C=O) groups is 1. The fourth-order valence-electron chi connectivity index (χ4n) is 2.26. The summed E-state index contributed by atoms with van der Waals surface area (Å²) in [6.07, 6.45) is 1.09. The molecule has 3 N–H and O–H groups in total. The molecule has 0 spiro atoms. The molecule has 116 valence electrons. The maximum absolute atomic E-state index is 12.0. The minimum Gasteiger partial charge on any atom is -0.484 e. The molecule has 0 radical (unpaired) electrons.